The Kier molecular flexibility index (Phi) is 4.55. The van der Waals surface area contributed by atoms with E-state index in [0.717, 1.165) is 5.56 Å². The van der Waals surface area contributed by atoms with Gasteiger partial charge in [0.25, 0.3) is 5.91 Å². The van der Waals surface area contributed by atoms with E-state index in [9.17, 15) is 9.59 Å². The maximum Gasteiger partial charge on any atom is 0.349 e. The van der Waals surface area contributed by atoms with Crippen molar-refractivity contribution in [3.8, 4) is 17.1 Å². The summed E-state index contributed by atoms with van der Waals surface area (Å²) < 4.78 is 10.2. The van der Waals surface area contributed by atoms with E-state index < -0.39 is 11.5 Å². The number of carbonyl (C=O) groups is 1. The number of methoxy groups -OCH3 is 1. The minimum atomic E-state index is -0.679. The number of para-hydroxylation sites is 1. The summed E-state index contributed by atoms with van der Waals surface area (Å²) in [5.41, 5.74) is 1.76. The third kappa shape index (κ3) is 3.45. The number of nitrogens with one attached hydrogen (secondary N) is 1. The highest BCUT2D eigenvalue weighted by Gasteiger charge is 2.14. The Hall–Kier alpha value is -4.00. The van der Waals surface area contributed by atoms with Crippen LogP contribution in [0.5, 0.6) is 5.88 Å². The van der Waals surface area contributed by atoms with Gasteiger partial charge < -0.3 is 14.5 Å². The predicted octanol–water partition coefficient (Wildman–Crippen LogP) is 3.51. The molecule has 0 aliphatic rings. The van der Waals surface area contributed by atoms with Crippen LogP contribution in [0.2, 0.25) is 0 Å². The van der Waals surface area contributed by atoms with Gasteiger partial charge in [-0.2, -0.15) is 0 Å². The summed E-state index contributed by atoms with van der Waals surface area (Å²) in [5.74, 6) is -0.0988. The van der Waals surface area contributed by atoms with Gasteiger partial charge >= 0.3 is 5.63 Å². The van der Waals surface area contributed by atoms with Crippen molar-refractivity contribution in [3.05, 3.63) is 82.7 Å². The molecule has 0 aliphatic heterocycles. The molecule has 0 saturated heterocycles. The molecular formula is C21H15N3O4. The van der Waals surface area contributed by atoms with Crippen molar-refractivity contribution >= 4 is 22.6 Å². The highest BCUT2D eigenvalue weighted by molar-refractivity contribution is 6.05. The Bertz CT molecular complexity index is 1200. The molecule has 0 saturated carbocycles. The van der Waals surface area contributed by atoms with Crippen LogP contribution < -0.4 is 15.7 Å². The van der Waals surface area contributed by atoms with Gasteiger partial charge in [0.1, 0.15) is 11.1 Å². The molecule has 0 aliphatic carbocycles. The molecule has 0 fully saturated rings. The fourth-order valence-electron chi connectivity index (χ4n) is 2.73. The first-order valence-electron chi connectivity index (χ1n) is 8.46. The summed E-state index contributed by atoms with van der Waals surface area (Å²) in [4.78, 5) is 24.6. The van der Waals surface area contributed by atoms with E-state index >= 15 is 0 Å². The number of aromatic nitrogens is 2. The summed E-state index contributed by atoms with van der Waals surface area (Å²) >= 11 is 0. The van der Waals surface area contributed by atoms with Gasteiger partial charge in [0.15, 0.2) is 0 Å². The van der Waals surface area contributed by atoms with Crippen LogP contribution in [0.3, 0.4) is 0 Å². The van der Waals surface area contributed by atoms with Crippen molar-refractivity contribution in [3.63, 3.8) is 0 Å². The second-order valence-corrected chi connectivity index (χ2v) is 5.98. The number of nitrogens with zero attached hydrogens (tertiary/aromatic N) is 2. The van der Waals surface area contributed by atoms with Gasteiger partial charge in [0, 0.05) is 22.7 Å². The lowest BCUT2D eigenvalue weighted by Crippen LogP contribution is -2.20. The number of amides is 1. The van der Waals surface area contributed by atoms with E-state index in [2.05, 4.69) is 15.5 Å². The van der Waals surface area contributed by atoms with Gasteiger partial charge in [-0.3, -0.25) is 4.79 Å². The first-order valence-corrected chi connectivity index (χ1v) is 8.46. The van der Waals surface area contributed by atoms with Gasteiger partial charge in [-0.15, -0.1) is 10.2 Å². The van der Waals surface area contributed by atoms with E-state index in [1.807, 2.05) is 6.07 Å². The van der Waals surface area contributed by atoms with Crippen LogP contribution in [0, 0.1) is 0 Å². The van der Waals surface area contributed by atoms with Crippen molar-refractivity contribution in [2.24, 2.45) is 0 Å². The number of carbonyl (C=O) groups excluding carboxylic acids is 1. The normalized spacial score (nSPS) is 10.6. The molecular weight excluding hydrogens is 358 g/mol. The summed E-state index contributed by atoms with van der Waals surface area (Å²) in [6.07, 6.45) is 0. The smallest absolute Gasteiger partial charge is 0.349 e. The molecule has 0 radical (unpaired) electrons. The molecule has 7 heteroatoms. The largest absolute Gasteiger partial charge is 0.480 e. The standard InChI is InChI=1S/C21H15N3O4/c1-27-19-11-10-17(23-24-19)13-6-8-15(9-7-13)22-20(25)16-12-14-4-2-3-5-18(14)28-21(16)26/h2-12H,1H3,(H,22,25). The number of ether oxygens (including phenoxy) is 1. The van der Waals surface area contributed by atoms with Crippen LogP contribution in [0.1, 0.15) is 10.4 Å². The molecule has 1 N–H and O–H groups in total. The number of rotatable bonds is 4. The molecule has 0 spiro atoms. The molecule has 4 rings (SSSR count). The number of benzene rings is 2. The predicted molar refractivity (Wildman–Crippen MR) is 104 cm³/mol. The average Bonchev–Trinajstić information content (AvgIpc) is 2.74. The van der Waals surface area contributed by atoms with E-state index in [1.165, 1.54) is 13.2 Å². The summed E-state index contributed by atoms with van der Waals surface area (Å²) in [7, 11) is 1.53. The molecule has 4 aromatic rings. The number of fused-ring (bicyclic) bond motifs is 1. The zero-order valence-electron chi connectivity index (χ0n) is 14.9. The summed E-state index contributed by atoms with van der Waals surface area (Å²) in [6.45, 7) is 0. The zero-order chi connectivity index (χ0) is 19.5. The van der Waals surface area contributed by atoms with Gasteiger partial charge in [0.05, 0.1) is 12.8 Å². The number of hydrogen-bond donors (Lipinski definition) is 1. The number of anilines is 1. The molecule has 2 aromatic carbocycles. The van der Waals surface area contributed by atoms with E-state index in [1.54, 1.807) is 54.6 Å². The maximum atomic E-state index is 12.5. The Morgan fingerprint density at radius 3 is 2.50 bits per heavy atom. The highest BCUT2D eigenvalue weighted by atomic mass is 16.5. The van der Waals surface area contributed by atoms with Crippen molar-refractivity contribution in [2.45, 2.75) is 0 Å². The van der Waals surface area contributed by atoms with E-state index in [-0.39, 0.29) is 5.56 Å². The Balaban J connectivity index is 1.55. The first kappa shape index (κ1) is 17.4. The molecule has 2 heterocycles. The molecule has 138 valence electrons. The van der Waals surface area contributed by atoms with Crippen LogP contribution in [-0.4, -0.2) is 23.2 Å². The van der Waals surface area contributed by atoms with Gasteiger partial charge in [-0.05, 0) is 30.3 Å². The van der Waals surface area contributed by atoms with Crippen LogP contribution in [0.15, 0.2) is 75.9 Å². The highest BCUT2D eigenvalue weighted by Crippen LogP contribution is 2.21. The Morgan fingerprint density at radius 2 is 1.79 bits per heavy atom. The lowest BCUT2D eigenvalue weighted by Gasteiger charge is -2.07. The topological polar surface area (TPSA) is 94.3 Å². The molecule has 0 unspecified atom stereocenters. The van der Waals surface area contributed by atoms with Crippen molar-refractivity contribution in [1.82, 2.24) is 10.2 Å². The molecule has 0 bridgehead atoms. The van der Waals surface area contributed by atoms with Gasteiger partial charge in [-0.1, -0.05) is 30.3 Å². The summed E-state index contributed by atoms with van der Waals surface area (Å²) in [6, 6.07) is 19.1. The van der Waals surface area contributed by atoms with Crippen molar-refractivity contribution in [1.29, 1.82) is 0 Å². The lowest BCUT2D eigenvalue weighted by atomic mass is 10.1. The monoisotopic (exact) mass is 373 g/mol. The quantitative estimate of drug-likeness (QED) is 0.550. The molecule has 0 atom stereocenters. The van der Waals surface area contributed by atoms with Gasteiger partial charge in [0.2, 0.25) is 5.88 Å². The first-order chi connectivity index (χ1) is 13.6. The average molecular weight is 373 g/mol. The van der Waals surface area contributed by atoms with Crippen LogP contribution >= 0.6 is 0 Å². The molecule has 28 heavy (non-hydrogen) atoms. The fraction of sp³-hybridized carbons (Fsp3) is 0.0476. The SMILES string of the molecule is COc1ccc(-c2ccc(NC(=O)c3cc4ccccc4oc3=O)cc2)nn1. The zero-order valence-corrected chi connectivity index (χ0v) is 14.9. The molecule has 1 amide bonds. The second kappa shape index (κ2) is 7.32. The second-order valence-electron chi connectivity index (χ2n) is 5.98. The van der Waals surface area contributed by atoms with E-state index in [0.29, 0.717) is 28.2 Å². The van der Waals surface area contributed by atoms with E-state index in [4.69, 9.17) is 9.15 Å². The van der Waals surface area contributed by atoms with Crippen molar-refractivity contribution in [2.75, 3.05) is 12.4 Å². The Morgan fingerprint density at radius 1 is 1.00 bits per heavy atom. The molecule has 7 nitrogen and oxygen atoms in total. The van der Waals surface area contributed by atoms with Crippen LogP contribution in [0.4, 0.5) is 5.69 Å². The third-order valence-electron chi connectivity index (χ3n) is 4.17. The van der Waals surface area contributed by atoms with Crippen LogP contribution in [-0.2, 0) is 0 Å². The summed E-state index contributed by atoms with van der Waals surface area (Å²) in [5, 5.41) is 11.4. The maximum absolute atomic E-state index is 12.5. The number of hydrogen-bond acceptors (Lipinski definition) is 6. The molecule has 2 aromatic heterocycles. The van der Waals surface area contributed by atoms with Gasteiger partial charge in [-0.25, -0.2) is 4.79 Å². The third-order valence-corrected chi connectivity index (χ3v) is 4.17. The fourth-order valence-corrected chi connectivity index (χ4v) is 2.73. The van der Waals surface area contributed by atoms with Crippen LogP contribution in [0.25, 0.3) is 22.2 Å². The van der Waals surface area contributed by atoms with Crippen molar-refractivity contribution < 1.29 is 13.9 Å². The lowest BCUT2D eigenvalue weighted by molar-refractivity contribution is 0.102. The Labute approximate surface area is 159 Å². The minimum Gasteiger partial charge on any atom is -0.480 e. The minimum absolute atomic E-state index is 0.0520.